The molecule has 0 aliphatic carbocycles. The average Bonchev–Trinajstić information content (AvgIpc) is 2.27. The number of pyridine rings is 1. The third-order valence-corrected chi connectivity index (χ3v) is 3.02. The van der Waals surface area contributed by atoms with Gasteiger partial charge in [-0.3, -0.25) is 10.1 Å². The molecule has 100 valence electrons. The SMILES string of the molecule is O=[N+]([O-])c1cnc(C(F)(F)F)cc1SCCCO. The summed E-state index contributed by atoms with van der Waals surface area (Å²) in [6.45, 7) is -0.127. The van der Waals surface area contributed by atoms with Gasteiger partial charge in [0.15, 0.2) is 0 Å². The molecule has 5 nitrogen and oxygen atoms in total. The maximum absolute atomic E-state index is 12.4. The van der Waals surface area contributed by atoms with Crippen LogP contribution in [0.3, 0.4) is 0 Å². The lowest BCUT2D eigenvalue weighted by Crippen LogP contribution is -2.08. The lowest BCUT2D eigenvalue weighted by molar-refractivity contribution is -0.388. The van der Waals surface area contributed by atoms with Crippen molar-refractivity contribution >= 4 is 17.4 Å². The van der Waals surface area contributed by atoms with Gasteiger partial charge in [-0.05, 0) is 12.5 Å². The van der Waals surface area contributed by atoms with E-state index in [1.165, 1.54) is 0 Å². The molecule has 0 saturated carbocycles. The molecule has 0 atom stereocenters. The molecule has 0 radical (unpaired) electrons. The lowest BCUT2D eigenvalue weighted by Gasteiger charge is -2.07. The van der Waals surface area contributed by atoms with Gasteiger partial charge >= 0.3 is 11.9 Å². The van der Waals surface area contributed by atoms with Gasteiger partial charge in [-0.25, -0.2) is 4.98 Å². The Morgan fingerprint density at radius 2 is 2.17 bits per heavy atom. The van der Waals surface area contributed by atoms with Gasteiger partial charge in [0.1, 0.15) is 11.9 Å². The van der Waals surface area contributed by atoms with Crippen LogP contribution in [0.5, 0.6) is 0 Å². The van der Waals surface area contributed by atoms with Crippen LogP contribution in [-0.4, -0.2) is 27.4 Å². The summed E-state index contributed by atoms with van der Waals surface area (Å²) in [5.41, 5.74) is -1.63. The summed E-state index contributed by atoms with van der Waals surface area (Å²) < 4.78 is 37.2. The zero-order valence-electron chi connectivity index (χ0n) is 8.98. The third-order valence-electron chi connectivity index (χ3n) is 1.89. The minimum Gasteiger partial charge on any atom is -0.396 e. The highest BCUT2D eigenvalue weighted by molar-refractivity contribution is 7.99. The number of hydrogen-bond donors (Lipinski definition) is 1. The molecule has 1 rings (SSSR count). The molecule has 0 unspecified atom stereocenters. The van der Waals surface area contributed by atoms with Crippen molar-refractivity contribution in [1.82, 2.24) is 4.98 Å². The standard InChI is InChI=1S/C9H9F3N2O3S/c10-9(11,12)8-4-7(18-3-1-2-15)6(5-13-8)14(16)17/h4-5,15H,1-3H2. The molecular formula is C9H9F3N2O3S. The number of aromatic nitrogens is 1. The van der Waals surface area contributed by atoms with Crippen LogP contribution in [0.25, 0.3) is 0 Å². The van der Waals surface area contributed by atoms with Crippen LogP contribution in [0.2, 0.25) is 0 Å². The van der Waals surface area contributed by atoms with E-state index in [0.29, 0.717) is 24.4 Å². The predicted molar refractivity (Wildman–Crippen MR) is 58.3 cm³/mol. The zero-order chi connectivity index (χ0) is 13.8. The van der Waals surface area contributed by atoms with Gasteiger partial charge in [0, 0.05) is 12.4 Å². The Morgan fingerprint density at radius 1 is 1.50 bits per heavy atom. The maximum atomic E-state index is 12.4. The number of thioether (sulfide) groups is 1. The smallest absolute Gasteiger partial charge is 0.396 e. The Morgan fingerprint density at radius 3 is 2.67 bits per heavy atom. The first-order valence-electron chi connectivity index (χ1n) is 4.81. The average molecular weight is 282 g/mol. The van der Waals surface area contributed by atoms with Gasteiger partial charge in [0.05, 0.1) is 9.82 Å². The highest BCUT2D eigenvalue weighted by Gasteiger charge is 2.34. The van der Waals surface area contributed by atoms with Crippen LogP contribution in [0.1, 0.15) is 12.1 Å². The Hall–Kier alpha value is -1.35. The van der Waals surface area contributed by atoms with Crippen molar-refractivity contribution in [3.8, 4) is 0 Å². The molecule has 0 amide bonds. The summed E-state index contributed by atoms with van der Waals surface area (Å²) in [5, 5.41) is 19.2. The Balaban J connectivity index is 3.04. The van der Waals surface area contributed by atoms with E-state index in [1.54, 1.807) is 0 Å². The van der Waals surface area contributed by atoms with E-state index in [1.807, 2.05) is 0 Å². The summed E-state index contributed by atoms with van der Waals surface area (Å²) in [6.07, 6.45) is -3.70. The Kier molecular flexibility index (Phi) is 4.91. The predicted octanol–water partition coefficient (Wildman–Crippen LogP) is 2.48. The van der Waals surface area contributed by atoms with Crippen molar-refractivity contribution in [2.45, 2.75) is 17.5 Å². The molecule has 1 heterocycles. The monoisotopic (exact) mass is 282 g/mol. The van der Waals surface area contributed by atoms with Crippen LogP contribution in [-0.2, 0) is 6.18 Å². The lowest BCUT2D eigenvalue weighted by atomic mass is 10.3. The molecular weight excluding hydrogens is 273 g/mol. The van der Waals surface area contributed by atoms with Crippen molar-refractivity contribution in [2.24, 2.45) is 0 Å². The molecule has 0 aliphatic heterocycles. The first-order chi connectivity index (χ1) is 8.36. The number of aliphatic hydroxyl groups excluding tert-OH is 1. The molecule has 1 aromatic rings. The maximum Gasteiger partial charge on any atom is 0.433 e. The van der Waals surface area contributed by atoms with Crippen molar-refractivity contribution in [2.75, 3.05) is 12.4 Å². The highest BCUT2D eigenvalue weighted by atomic mass is 32.2. The van der Waals surface area contributed by atoms with E-state index in [0.717, 1.165) is 11.8 Å². The second kappa shape index (κ2) is 6.01. The van der Waals surface area contributed by atoms with Gasteiger partial charge < -0.3 is 5.11 Å². The van der Waals surface area contributed by atoms with Crippen LogP contribution in [0.15, 0.2) is 17.2 Å². The largest absolute Gasteiger partial charge is 0.433 e. The number of alkyl halides is 3. The number of rotatable bonds is 5. The van der Waals surface area contributed by atoms with E-state index >= 15 is 0 Å². The minimum absolute atomic E-state index is 0.101. The van der Waals surface area contributed by atoms with Crippen molar-refractivity contribution < 1.29 is 23.2 Å². The van der Waals surface area contributed by atoms with E-state index in [-0.39, 0.29) is 11.5 Å². The van der Waals surface area contributed by atoms with Gasteiger partial charge in [0.25, 0.3) is 0 Å². The van der Waals surface area contributed by atoms with E-state index in [4.69, 9.17) is 5.11 Å². The van der Waals surface area contributed by atoms with Crippen LogP contribution >= 0.6 is 11.8 Å². The second-order valence-corrected chi connectivity index (χ2v) is 4.35. The molecule has 0 aliphatic rings. The third kappa shape index (κ3) is 3.84. The second-order valence-electron chi connectivity index (χ2n) is 3.22. The first kappa shape index (κ1) is 14.7. The van der Waals surface area contributed by atoms with Crippen molar-refractivity contribution in [3.63, 3.8) is 0 Å². The molecule has 0 bridgehead atoms. The quantitative estimate of drug-likeness (QED) is 0.388. The fourth-order valence-electron chi connectivity index (χ4n) is 1.08. The molecule has 0 saturated heterocycles. The van der Waals surface area contributed by atoms with Crippen molar-refractivity contribution in [1.29, 1.82) is 0 Å². The van der Waals surface area contributed by atoms with Gasteiger partial charge in [-0.2, -0.15) is 13.2 Å². The van der Waals surface area contributed by atoms with Gasteiger partial charge in [0.2, 0.25) is 0 Å². The summed E-state index contributed by atoms with van der Waals surface area (Å²) in [6, 6.07) is 0.653. The molecule has 1 aromatic heterocycles. The summed E-state index contributed by atoms with van der Waals surface area (Å²) >= 11 is 0.889. The molecule has 0 fully saturated rings. The molecule has 9 heteroatoms. The Labute approximate surface area is 104 Å². The highest BCUT2D eigenvalue weighted by Crippen LogP contribution is 2.35. The first-order valence-corrected chi connectivity index (χ1v) is 5.80. The Bertz CT molecular complexity index is 440. The van der Waals surface area contributed by atoms with Crippen LogP contribution in [0, 0.1) is 10.1 Å². The minimum atomic E-state index is -4.64. The van der Waals surface area contributed by atoms with Crippen molar-refractivity contribution in [3.05, 3.63) is 28.1 Å². The molecule has 1 N–H and O–H groups in total. The van der Waals surface area contributed by atoms with Gasteiger partial charge in [-0.15, -0.1) is 11.8 Å². The molecule has 0 aromatic carbocycles. The summed E-state index contributed by atoms with van der Waals surface area (Å²) in [5.74, 6) is 0.290. The molecule has 0 spiro atoms. The van der Waals surface area contributed by atoms with E-state index < -0.39 is 22.5 Å². The number of nitro groups is 1. The van der Waals surface area contributed by atoms with E-state index in [2.05, 4.69) is 4.98 Å². The fraction of sp³-hybridized carbons (Fsp3) is 0.444. The van der Waals surface area contributed by atoms with Crippen LogP contribution in [0.4, 0.5) is 18.9 Å². The number of halogens is 3. The number of aliphatic hydroxyl groups is 1. The topological polar surface area (TPSA) is 76.3 Å². The number of hydrogen-bond acceptors (Lipinski definition) is 5. The van der Waals surface area contributed by atoms with Gasteiger partial charge in [-0.1, -0.05) is 0 Å². The normalized spacial score (nSPS) is 11.6. The fourth-order valence-corrected chi connectivity index (χ4v) is 2.05. The van der Waals surface area contributed by atoms with E-state index in [9.17, 15) is 23.3 Å². The summed E-state index contributed by atoms with van der Waals surface area (Å²) in [4.78, 5) is 12.8. The molecule has 18 heavy (non-hydrogen) atoms. The number of nitrogens with zero attached hydrogens (tertiary/aromatic N) is 2. The summed E-state index contributed by atoms with van der Waals surface area (Å²) in [7, 11) is 0. The zero-order valence-corrected chi connectivity index (χ0v) is 9.79. The van der Waals surface area contributed by atoms with Crippen LogP contribution < -0.4 is 0 Å².